The van der Waals surface area contributed by atoms with Crippen molar-refractivity contribution < 1.29 is 0 Å². The Labute approximate surface area is 423 Å². The van der Waals surface area contributed by atoms with Crippen molar-refractivity contribution in [1.82, 2.24) is 0 Å². The minimum absolute atomic E-state index is 1.12. The second-order valence-electron chi connectivity index (χ2n) is 19.4. The zero-order chi connectivity index (χ0) is 48.7. The third-order valence-corrected chi connectivity index (χ3v) is 14.1. The second kappa shape index (κ2) is 18.7. The average Bonchev–Trinajstić information content (AvgIpc) is 3.41. The van der Waals surface area contributed by atoms with Crippen molar-refractivity contribution in [3.63, 3.8) is 0 Å². The maximum Gasteiger partial charge on any atom is 0.0546 e. The standard InChI is InChI=1S/C70H54N2/c1-47-39-48(2)42-61(41-47)71(69-45-57-13-5-7-15-63(57)65-17-9-11-19-67(65)69)59-35-31-55(32-36-59)53-27-23-51(24-28-53)21-22-52-25-29-54(30-26-52)56-33-37-60(38-34-56)72(62-43-49(3)40-50(4)44-62)70-46-58-14-6-8-16-64(58)66-18-10-12-20-68(66)70/h5-46H,1-4H3/b22-21+. The van der Waals surface area contributed by atoms with E-state index in [0.717, 1.165) is 33.9 Å². The summed E-state index contributed by atoms with van der Waals surface area (Å²) in [6.07, 6.45) is 4.40. The number of nitrogens with zero attached hydrogens (tertiary/aromatic N) is 2. The van der Waals surface area contributed by atoms with E-state index in [4.69, 9.17) is 0 Å². The van der Waals surface area contributed by atoms with Gasteiger partial charge in [-0.15, -0.1) is 0 Å². The Morgan fingerprint density at radius 1 is 0.250 bits per heavy atom. The summed E-state index contributed by atoms with van der Waals surface area (Å²) in [6, 6.07) is 89.1. The second-order valence-corrected chi connectivity index (χ2v) is 19.4. The summed E-state index contributed by atoms with van der Waals surface area (Å²) in [5, 5.41) is 9.97. The Morgan fingerprint density at radius 3 is 0.889 bits per heavy atom. The van der Waals surface area contributed by atoms with Gasteiger partial charge in [0.05, 0.1) is 11.4 Å². The van der Waals surface area contributed by atoms with Gasteiger partial charge in [0, 0.05) is 33.5 Å². The Hall–Kier alpha value is -8.98. The van der Waals surface area contributed by atoms with E-state index in [9.17, 15) is 0 Å². The lowest BCUT2D eigenvalue weighted by atomic mass is 9.98. The molecule has 12 aromatic carbocycles. The van der Waals surface area contributed by atoms with E-state index >= 15 is 0 Å². The number of hydrogen-bond donors (Lipinski definition) is 0. The number of fused-ring (bicyclic) bond motifs is 6. The fourth-order valence-corrected chi connectivity index (χ4v) is 10.8. The molecule has 2 heteroatoms. The maximum atomic E-state index is 2.42. The van der Waals surface area contributed by atoms with Gasteiger partial charge in [-0.05, 0) is 176 Å². The molecule has 0 aromatic heterocycles. The summed E-state index contributed by atoms with van der Waals surface area (Å²) >= 11 is 0. The minimum Gasteiger partial charge on any atom is -0.310 e. The largest absolute Gasteiger partial charge is 0.310 e. The number of anilines is 6. The van der Waals surface area contributed by atoms with Crippen molar-refractivity contribution in [2.24, 2.45) is 0 Å². The topological polar surface area (TPSA) is 6.48 Å². The van der Waals surface area contributed by atoms with Crippen LogP contribution in [0.15, 0.2) is 243 Å². The van der Waals surface area contributed by atoms with Crippen molar-refractivity contribution in [1.29, 1.82) is 0 Å². The van der Waals surface area contributed by atoms with Crippen LogP contribution in [-0.4, -0.2) is 0 Å². The van der Waals surface area contributed by atoms with Gasteiger partial charge in [-0.3, -0.25) is 0 Å². The van der Waals surface area contributed by atoms with Crippen molar-refractivity contribution in [2.45, 2.75) is 27.7 Å². The molecule has 0 aliphatic carbocycles. The third kappa shape index (κ3) is 8.58. The summed E-state index contributed by atoms with van der Waals surface area (Å²) in [5.74, 6) is 0. The fourth-order valence-electron chi connectivity index (χ4n) is 10.8. The zero-order valence-corrected chi connectivity index (χ0v) is 41.1. The van der Waals surface area contributed by atoms with Crippen LogP contribution in [-0.2, 0) is 0 Å². The fraction of sp³-hybridized carbons (Fsp3) is 0.0571. The predicted molar refractivity (Wildman–Crippen MR) is 311 cm³/mol. The van der Waals surface area contributed by atoms with Gasteiger partial charge in [0.1, 0.15) is 0 Å². The number of aryl methyl sites for hydroxylation is 4. The minimum atomic E-state index is 1.12. The van der Waals surface area contributed by atoms with Gasteiger partial charge < -0.3 is 9.80 Å². The molecule has 72 heavy (non-hydrogen) atoms. The van der Waals surface area contributed by atoms with E-state index < -0.39 is 0 Å². The van der Waals surface area contributed by atoms with E-state index in [2.05, 4.69) is 292 Å². The van der Waals surface area contributed by atoms with Crippen LogP contribution in [0.5, 0.6) is 0 Å². The molecule has 0 aliphatic heterocycles. The predicted octanol–water partition coefficient (Wildman–Crippen LogP) is 20.0. The van der Waals surface area contributed by atoms with Crippen LogP contribution in [0, 0.1) is 27.7 Å². The van der Waals surface area contributed by atoms with Crippen LogP contribution in [0.4, 0.5) is 34.1 Å². The monoisotopic (exact) mass is 922 g/mol. The molecule has 0 atom stereocenters. The summed E-state index contributed by atoms with van der Waals surface area (Å²) in [4.78, 5) is 4.84. The molecule has 0 amide bonds. The van der Waals surface area contributed by atoms with Crippen molar-refractivity contribution >= 4 is 89.4 Å². The van der Waals surface area contributed by atoms with E-state index in [1.807, 2.05) is 0 Å². The molecule has 0 spiro atoms. The number of hydrogen-bond acceptors (Lipinski definition) is 2. The zero-order valence-electron chi connectivity index (χ0n) is 41.1. The first-order valence-corrected chi connectivity index (χ1v) is 25.0. The lowest BCUT2D eigenvalue weighted by Gasteiger charge is -2.28. The van der Waals surface area contributed by atoms with Crippen LogP contribution in [0.3, 0.4) is 0 Å². The molecule has 12 rings (SSSR count). The molecule has 0 unspecified atom stereocenters. The molecule has 0 aliphatic rings. The van der Waals surface area contributed by atoms with Crippen molar-refractivity contribution in [2.75, 3.05) is 9.80 Å². The first-order valence-electron chi connectivity index (χ1n) is 25.0. The van der Waals surface area contributed by atoms with Crippen LogP contribution in [0.25, 0.3) is 77.5 Å². The molecule has 0 saturated carbocycles. The first kappa shape index (κ1) is 44.2. The van der Waals surface area contributed by atoms with Crippen molar-refractivity contribution in [3.05, 3.63) is 276 Å². The molecular weight excluding hydrogens is 869 g/mol. The Kier molecular flexibility index (Phi) is 11.5. The highest BCUT2D eigenvalue weighted by molar-refractivity contribution is 6.16. The summed E-state index contributed by atoms with van der Waals surface area (Å²) in [7, 11) is 0. The van der Waals surface area contributed by atoms with E-state index in [1.54, 1.807) is 0 Å². The third-order valence-electron chi connectivity index (χ3n) is 14.1. The van der Waals surface area contributed by atoms with Crippen LogP contribution < -0.4 is 9.80 Å². The number of rotatable bonds is 10. The highest BCUT2D eigenvalue weighted by atomic mass is 15.1. The van der Waals surface area contributed by atoms with Gasteiger partial charge in [-0.2, -0.15) is 0 Å². The molecule has 344 valence electrons. The molecule has 0 N–H and O–H groups in total. The SMILES string of the molecule is Cc1cc(C)cc(N(c2ccc(-c3ccc(/C=C/c4ccc(-c5ccc(N(c6cc(C)cc(C)c6)c6cc7ccccc7c7ccccc67)cc5)cc4)cc3)cc2)c2cc3ccccc3c3ccccc23)c1. The smallest absolute Gasteiger partial charge is 0.0546 e. The Morgan fingerprint density at radius 2 is 0.542 bits per heavy atom. The van der Waals surface area contributed by atoms with E-state index in [1.165, 1.54) is 99.0 Å². The van der Waals surface area contributed by atoms with Gasteiger partial charge in [0.25, 0.3) is 0 Å². The molecular formula is C70H54N2. The lowest BCUT2D eigenvalue weighted by molar-refractivity contribution is 1.27. The van der Waals surface area contributed by atoms with E-state index in [-0.39, 0.29) is 0 Å². The first-order chi connectivity index (χ1) is 35.3. The molecule has 0 bridgehead atoms. The Bertz CT molecular complexity index is 3690. The van der Waals surface area contributed by atoms with Gasteiger partial charge >= 0.3 is 0 Å². The van der Waals surface area contributed by atoms with Crippen LogP contribution >= 0.6 is 0 Å². The molecule has 0 heterocycles. The van der Waals surface area contributed by atoms with E-state index in [0.29, 0.717) is 0 Å². The van der Waals surface area contributed by atoms with Crippen LogP contribution in [0.2, 0.25) is 0 Å². The number of benzene rings is 12. The molecule has 2 nitrogen and oxygen atoms in total. The van der Waals surface area contributed by atoms with Gasteiger partial charge in [-0.1, -0.05) is 194 Å². The van der Waals surface area contributed by atoms with Crippen LogP contribution in [0.1, 0.15) is 33.4 Å². The highest BCUT2D eigenvalue weighted by Crippen LogP contribution is 2.45. The maximum absolute atomic E-state index is 2.42. The van der Waals surface area contributed by atoms with Gasteiger partial charge in [0.15, 0.2) is 0 Å². The molecule has 0 saturated heterocycles. The highest BCUT2D eigenvalue weighted by Gasteiger charge is 2.20. The lowest BCUT2D eigenvalue weighted by Crippen LogP contribution is -2.11. The summed E-state index contributed by atoms with van der Waals surface area (Å²) in [6.45, 7) is 8.73. The normalized spacial score (nSPS) is 11.6. The average molecular weight is 923 g/mol. The summed E-state index contributed by atoms with van der Waals surface area (Å²) in [5.41, 5.74) is 18.9. The van der Waals surface area contributed by atoms with Gasteiger partial charge in [-0.25, -0.2) is 0 Å². The molecule has 0 radical (unpaired) electrons. The molecule has 0 fully saturated rings. The quantitative estimate of drug-likeness (QED) is 0.0996. The summed E-state index contributed by atoms with van der Waals surface area (Å²) < 4.78 is 0. The van der Waals surface area contributed by atoms with Crippen molar-refractivity contribution in [3.8, 4) is 22.3 Å². The molecule has 12 aromatic rings. The Balaban J connectivity index is 0.783. The van der Waals surface area contributed by atoms with Gasteiger partial charge in [0.2, 0.25) is 0 Å².